The fraction of sp³-hybridized carbons (Fsp3) is 0.348. The molecule has 2 heterocycles. The Hall–Kier alpha value is -2.41. The zero-order valence-corrected chi connectivity index (χ0v) is 18.7. The van der Waals surface area contributed by atoms with E-state index in [4.69, 9.17) is 32.7 Å². The summed E-state index contributed by atoms with van der Waals surface area (Å²) in [6, 6.07) is 6.87. The third kappa shape index (κ3) is 4.07. The Morgan fingerprint density at radius 3 is 2.87 bits per heavy atom. The van der Waals surface area contributed by atoms with E-state index >= 15 is 0 Å². The van der Waals surface area contributed by atoms with Gasteiger partial charge >= 0.3 is 0 Å². The minimum atomic E-state index is -0.0745. The number of hydrogen-bond acceptors (Lipinski definition) is 5. The number of halogens is 2. The van der Waals surface area contributed by atoms with Crippen LogP contribution in [-0.2, 0) is 11.3 Å². The van der Waals surface area contributed by atoms with Gasteiger partial charge in [0.25, 0.3) is 0 Å². The fourth-order valence-corrected chi connectivity index (χ4v) is 4.81. The molecule has 1 fully saturated rings. The van der Waals surface area contributed by atoms with Gasteiger partial charge in [0.05, 0.1) is 28.3 Å². The van der Waals surface area contributed by atoms with E-state index < -0.39 is 0 Å². The van der Waals surface area contributed by atoms with Crippen LogP contribution in [0.4, 0.5) is 0 Å². The maximum absolute atomic E-state index is 12.1. The molecule has 164 valence electrons. The summed E-state index contributed by atoms with van der Waals surface area (Å²) in [5, 5.41) is 11.2. The molecule has 4 rings (SSSR count). The molecule has 1 atom stereocenters. The SMILES string of the molecule is C=CC(=O)N1CCN2Cc3cc(OCC)c(-c4c(O)cccc4Cl)c(Cl)c3OC[C@H]2C1. The maximum Gasteiger partial charge on any atom is 0.246 e. The van der Waals surface area contributed by atoms with Crippen LogP contribution < -0.4 is 9.47 Å². The summed E-state index contributed by atoms with van der Waals surface area (Å²) in [5.74, 6) is 1.03. The number of phenols is 1. The number of amides is 1. The summed E-state index contributed by atoms with van der Waals surface area (Å²) in [6.45, 7) is 8.82. The number of rotatable bonds is 4. The van der Waals surface area contributed by atoms with Crippen LogP contribution in [0.5, 0.6) is 17.2 Å². The van der Waals surface area contributed by atoms with Crippen molar-refractivity contribution in [1.29, 1.82) is 0 Å². The van der Waals surface area contributed by atoms with Crippen molar-refractivity contribution in [2.45, 2.75) is 19.5 Å². The number of nitrogens with zero attached hydrogens (tertiary/aromatic N) is 2. The first-order valence-corrected chi connectivity index (χ1v) is 10.9. The Morgan fingerprint density at radius 1 is 1.35 bits per heavy atom. The number of fused-ring (bicyclic) bond motifs is 2. The van der Waals surface area contributed by atoms with Gasteiger partial charge in [0, 0.05) is 37.3 Å². The number of carbonyl (C=O) groups excluding carboxylic acids is 1. The topological polar surface area (TPSA) is 62.2 Å². The van der Waals surface area contributed by atoms with Crippen LogP contribution in [0.2, 0.25) is 10.0 Å². The number of phenolic OH excluding ortho intramolecular Hbond substituents is 1. The first-order chi connectivity index (χ1) is 14.9. The predicted octanol–water partition coefficient (Wildman–Crippen LogP) is 4.36. The van der Waals surface area contributed by atoms with Gasteiger partial charge < -0.3 is 19.5 Å². The maximum atomic E-state index is 12.1. The standard InChI is InChI=1S/C23H24Cl2N2O4/c1-3-19(29)27-9-8-26-11-14-10-18(30-4-2)21(20-16(24)6-5-7-17(20)28)22(25)23(14)31-13-15(26)12-27/h3,5-7,10,15,28H,1,4,8-9,11-13H2,2H3/t15-/m1/s1. The number of hydrogen-bond donors (Lipinski definition) is 1. The predicted molar refractivity (Wildman–Crippen MR) is 121 cm³/mol. The van der Waals surface area contributed by atoms with E-state index in [0.29, 0.717) is 65.5 Å². The van der Waals surface area contributed by atoms with Crippen molar-refractivity contribution in [2.24, 2.45) is 0 Å². The largest absolute Gasteiger partial charge is 0.507 e. The van der Waals surface area contributed by atoms with Crippen molar-refractivity contribution in [3.8, 4) is 28.4 Å². The minimum absolute atomic E-state index is 0.0138. The molecule has 1 N–H and O–H groups in total. The Balaban J connectivity index is 1.76. The normalized spacial score (nSPS) is 18.4. The molecule has 0 saturated carbocycles. The zero-order chi connectivity index (χ0) is 22.1. The number of carbonyl (C=O) groups is 1. The first kappa shape index (κ1) is 21.8. The molecule has 0 aliphatic carbocycles. The van der Waals surface area contributed by atoms with E-state index in [1.54, 1.807) is 23.1 Å². The number of benzene rings is 2. The van der Waals surface area contributed by atoms with Crippen LogP contribution in [0.15, 0.2) is 36.9 Å². The third-order valence-electron chi connectivity index (χ3n) is 5.69. The smallest absolute Gasteiger partial charge is 0.246 e. The Bertz CT molecular complexity index is 1010. The summed E-state index contributed by atoms with van der Waals surface area (Å²) in [6.07, 6.45) is 1.34. The van der Waals surface area contributed by atoms with Crippen LogP contribution in [0.1, 0.15) is 12.5 Å². The average molecular weight is 463 g/mol. The van der Waals surface area contributed by atoms with Gasteiger partial charge in [-0.3, -0.25) is 9.69 Å². The van der Waals surface area contributed by atoms with Crippen LogP contribution in [0.3, 0.4) is 0 Å². The Labute approximate surface area is 191 Å². The van der Waals surface area contributed by atoms with E-state index in [1.165, 1.54) is 6.08 Å². The van der Waals surface area contributed by atoms with Gasteiger partial charge in [-0.25, -0.2) is 0 Å². The molecule has 1 amide bonds. The van der Waals surface area contributed by atoms with Crippen LogP contribution in [0, 0.1) is 0 Å². The lowest BCUT2D eigenvalue weighted by atomic mass is 9.99. The second-order valence-corrected chi connectivity index (χ2v) is 8.33. The van der Waals surface area contributed by atoms with Crippen LogP contribution >= 0.6 is 23.2 Å². The van der Waals surface area contributed by atoms with E-state index in [0.717, 1.165) is 12.1 Å². The van der Waals surface area contributed by atoms with Gasteiger partial charge in [-0.05, 0) is 31.2 Å². The van der Waals surface area contributed by atoms with Gasteiger partial charge in [-0.1, -0.05) is 35.8 Å². The van der Waals surface area contributed by atoms with Crippen LogP contribution in [-0.4, -0.2) is 59.7 Å². The van der Waals surface area contributed by atoms with Crippen molar-refractivity contribution >= 4 is 29.1 Å². The highest BCUT2D eigenvalue weighted by molar-refractivity contribution is 6.38. The van der Waals surface area contributed by atoms with Gasteiger partial charge in [0.2, 0.25) is 5.91 Å². The van der Waals surface area contributed by atoms with Gasteiger partial charge in [-0.2, -0.15) is 0 Å². The summed E-state index contributed by atoms with van der Waals surface area (Å²) in [4.78, 5) is 16.1. The molecular formula is C23H24Cl2N2O4. The quantitative estimate of drug-likeness (QED) is 0.683. The average Bonchev–Trinajstić information content (AvgIpc) is 2.94. The summed E-state index contributed by atoms with van der Waals surface area (Å²) >= 11 is 13.3. The molecule has 2 aliphatic rings. The monoisotopic (exact) mass is 462 g/mol. The third-order valence-corrected chi connectivity index (χ3v) is 6.36. The van der Waals surface area contributed by atoms with Crippen molar-refractivity contribution < 1.29 is 19.4 Å². The molecule has 1 saturated heterocycles. The Kier molecular flexibility index (Phi) is 6.32. The van der Waals surface area contributed by atoms with Crippen molar-refractivity contribution in [2.75, 3.05) is 32.8 Å². The zero-order valence-electron chi connectivity index (χ0n) is 17.2. The van der Waals surface area contributed by atoms with Crippen molar-refractivity contribution in [3.05, 3.63) is 52.5 Å². The van der Waals surface area contributed by atoms with Crippen LogP contribution in [0.25, 0.3) is 11.1 Å². The van der Waals surface area contributed by atoms with Crippen molar-refractivity contribution in [1.82, 2.24) is 9.80 Å². The molecule has 2 aliphatic heterocycles. The van der Waals surface area contributed by atoms with Crippen molar-refractivity contribution in [3.63, 3.8) is 0 Å². The summed E-state index contributed by atoms with van der Waals surface area (Å²) in [5.41, 5.74) is 1.82. The molecule has 0 bridgehead atoms. The van der Waals surface area contributed by atoms with Gasteiger partial charge in [0.1, 0.15) is 23.9 Å². The lowest BCUT2D eigenvalue weighted by Gasteiger charge is -2.39. The highest BCUT2D eigenvalue weighted by atomic mass is 35.5. The van der Waals surface area contributed by atoms with E-state index in [1.807, 2.05) is 13.0 Å². The highest BCUT2D eigenvalue weighted by Crippen LogP contribution is 2.50. The molecule has 0 radical (unpaired) electrons. The first-order valence-electron chi connectivity index (χ1n) is 10.2. The molecule has 6 nitrogen and oxygen atoms in total. The molecule has 2 aromatic carbocycles. The number of piperazine rings is 1. The second-order valence-electron chi connectivity index (χ2n) is 7.54. The Morgan fingerprint density at radius 2 is 2.16 bits per heavy atom. The van der Waals surface area contributed by atoms with Gasteiger partial charge in [-0.15, -0.1) is 0 Å². The molecule has 0 spiro atoms. The number of aromatic hydroxyl groups is 1. The molecule has 31 heavy (non-hydrogen) atoms. The molecular weight excluding hydrogens is 439 g/mol. The van der Waals surface area contributed by atoms with E-state index in [-0.39, 0.29) is 17.7 Å². The molecule has 0 unspecified atom stereocenters. The summed E-state index contributed by atoms with van der Waals surface area (Å²) in [7, 11) is 0. The minimum Gasteiger partial charge on any atom is -0.507 e. The highest BCUT2D eigenvalue weighted by Gasteiger charge is 2.34. The fourth-order valence-electron chi connectivity index (χ4n) is 4.18. The van der Waals surface area contributed by atoms with E-state index in [9.17, 15) is 9.90 Å². The second kappa shape index (κ2) is 8.99. The summed E-state index contributed by atoms with van der Waals surface area (Å²) < 4.78 is 12.1. The lowest BCUT2D eigenvalue weighted by Crippen LogP contribution is -2.55. The molecule has 2 aromatic rings. The molecule has 0 aromatic heterocycles. The van der Waals surface area contributed by atoms with Gasteiger partial charge in [0.15, 0.2) is 0 Å². The number of ether oxygens (including phenoxy) is 2. The molecule has 8 heteroatoms. The van der Waals surface area contributed by atoms with E-state index in [2.05, 4.69) is 11.5 Å². The lowest BCUT2D eigenvalue weighted by molar-refractivity contribution is -0.129.